The lowest BCUT2D eigenvalue weighted by Gasteiger charge is -2.25. The van der Waals surface area contributed by atoms with Gasteiger partial charge in [-0.05, 0) is 25.5 Å². The number of hydrogen-bond donors (Lipinski definition) is 3. The summed E-state index contributed by atoms with van der Waals surface area (Å²) in [5.41, 5.74) is 1.46. The predicted molar refractivity (Wildman–Crippen MR) is 66.6 cm³/mol. The third-order valence-corrected chi connectivity index (χ3v) is 2.55. The Morgan fingerprint density at radius 2 is 2.06 bits per heavy atom. The fourth-order valence-corrected chi connectivity index (χ4v) is 1.55. The molecule has 0 spiro atoms. The number of phenols is 1. The number of rotatable bonds is 5. The van der Waals surface area contributed by atoms with Gasteiger partial charge in [-0.1, -0.05) is 31.2 Å². The molecule has 3 nitrogen and oxygen atoms in total. The van der Waals surface area contributed by atoms with Gasteiger partial charge in [0.2, 0.25) is 0 Å². The lowest BCUT2D eigenvalue weighted by Crippen LogP contribution is -2.33. The maximum atomic E-state index is 9.84. The number of hydrogen-bond acceptors (Lipinski definition) is 3. The molecule has 3 N–H and O–H groups in total. The maximum Gasteiger partial charge on any atom is 0.138 e. The van der Waals surface area contributed by atoms with Crippen LogP contribution in [0.15, 0.2) is 36.4 Å². The Labute approximate surface area is 96.4 Å². The molecule has 1 aromatic carbocycles. The first-order valence-electron chi connectivity index (χ1n) is 5.44. The molecule has 0 saturated heterocycles. The molecule has 0 radical (unpaired) electrons. The first-order valence-corrected chi connectivity index (χ1v) is 5.44. The Morgan fingerprint density at radius 1 is 1.44 bits per heavy atom. The highest BCUT2D eigenvalue weighted by Crippen LogP contribution is 2.24. The van der Waals surface area contributed by atoms with Gasteiger partial charge >= 0.3 is 0 Å². The molecule has 0 amide bonds. The Hall–Kier alpha value is -1.48. The second-order valence-electron chi connectivity index (χ2n) is 3.96. The SMILES string of the molecule is C=C(C)C(Nc1ccccc1O)C(O)CC. The van der Waals surface area contributed by atoms with Gasteiger partial charge in [0.1, 0.15) is 5.75 Å². The van der Waals surface area contributed by atoms with E-state index in [0.717, 1.165) is 5.57 Å². The second kappa shape index (κ2) is 5.56. The third-order valence-electron chi connectivity index (χ3n) is 2.55. The summed E-state index contributed by atoms with van der Waals surface area (Å²) in [6, 6.07) is 6.73. The van der Waals surface area contributed by atoms with Crippen molar-refractivity contribution in [1.29, 1.82) is 0 Å². The van der Waals surface area contributed by atoms with E-state index >= 15 is 0 Å². The molecule has 0 aliphatic heterocycles. The van der Waals surface area contributed by atoms with Gasteiger partial charge < -0.3 is 15.5 Å². The van der Waals surface area contributed by atoms with Crippen molar-refractivity contribution in [3.8, 4) is 5.75 Å². The molecule has 88 valence electrons. The summed E-state index contributed by atoms with van der Waals surface area (Å²) in [7, 11) is 0. The molecule has 1 aromatic rings. The minimum atomic E-state index is -0.503. The van der Waals surface area contributed by atoms with E-state index in [1.165, 1.54) is 0 Å². The lowest BCUT2D eigenvalue weighted by molar-refractivity contribution is 0.159. The molecule has 0 aromatic heterocycles. The zero-order valence-corrected chi connectivity index (χ0v) is 9.77. The summed E-state index contributed by atoms with van der Waals surface area (Å²) in [5.74, 6) is 0.178. The lowest BCUT2D eigenvalue weighted by atomic mass is 10.0. The van der Waals surface area contributed by atoms with Crippen LogP contribution in [0.4, 0.5) is 5.69 Å². The smallest absolute Gasteiger partial charge is 0.138 e. The number of aromatic hydroxyl groups is 1. The van der Waals surface area contributed by atoms with Crippen molar-refractivity contribution in [2.24, 2.45) is 0 Å². The number of phenolic OH excluding ortho intramolecular Hbond substituents is 1. The van der Waals surface area contributed by atoms with E-state index in [1.807, 2.05) is 19.9 Å². The van der Waals surface area contributed by atoms with E-state index in [2.05, 4.69) is 11.9 Å². The van der Waals surface area contributed by atoms with E-state index in [1.54, 1.807) is 18.2 Å². The molecule has 0 saturated carbocycles. The highest BCUT2D eigenvalue weighted by Gasteiger charge is 2.18. The summed E-state index contributed by atoms with van der Waals surface area (Å²) >= 11 is 0. The van der Waals surface area contributed by atoms with Crippen molar-refractivity contribution in [1.82, 2.24) is 0 Å². The molecule has 0 bridgehead atoms. The topological polar surface area (TPSA) is 52.5 Å². The van der Waals surface area contributed by atoms with Crippen molar-refractivity contribution in [2.75, 3.05) is 5.32 Å². The highest BCUT2D eigenvalue weighted by molar-refractivity contribution is 5.56. The molecule has 0 aliphatic rings. The van der Waals surface area contributed by atoms with E-state index in [0.29, 0.717) is 12.1 Å². The van der Waals surface area contributed by atoms with Gasteiger partial charge in [0.25, 0.3) is 0 Å². The number of nitrogens with one attached hydrogen (secondary N) is 1. The van der Waals surface area contributed by atoms with Gasteiger partial charge in [-0.3, -0.25) is 0 Å². The molecule has 1 rings (SSSR count). The predicted octanol–water partition coefficient (Wildman–Crippen LogP) is 2.52. The highest BCUT2D eigenvalue weighted by atomic mass is 16.3. The fourth-order valence-electron chi connectivity index (χ4n) is 1.55. The Bertz CT molecular complexity index is 363. The minimum absolute atomic E-state index is 0.178. The van der Waals surface area contributed by atoms with E-state index in [9.17, 15) is 10.2 Å². The van der Waals surface area contributed by atoms with Crippen LogP contribution in [0.3, 0.4) is 0 Å². The summed E-state index contributed by atoms with van der Waals surface area (Å²) in [4.78, 5) is 0. The van der Waals surface area contributed by atoms with Gasteiger partial charge in [0.15, 0.2) is 0 Å². The van der Waals surface area contributed by atoms with Crippen LogP contribution in [0.2, 0.25) is 0 Å². The van der Waals surface area contributed by atoms with E-state index in [4.69, 9.17) is 0 Å². The molecule has 16 heavy (non-hydrogen) atoms. The van der Waals surface area contributed by atoms with Crippen LogP contribution in [-0.2, 0) is 0 Å². The fraction of sp³-hybridized carbons (Fsp3) is 0.385. The summed E-state index contributed by atoms with van der Waals surface area (Å²) in [6.45, 7) is 7.61. The van der Waals surface area contributed by atoms with Crippen LogP contribution >= 0.6 is 0 Å². The average Bonchev–Trinajstić information content (AvgIpc) is 2.26. The minimum Gasteiger partial charge on any atom is -0.506 e. The molecule has 2 atom stereocenters. The van der Waals surface area contributed by atoms with Gasteiger partial charge in [0, 0.05) is 0 Å². The number of benzene rings is 1. The van der Waals surface area contributed by atoms with Crippen molar-refractivity contribution < 1.29 is 10.2 Å². The number of aliphatic hydroxyl groups excluding tert-OH is 1. The number of anilines is 1. The second-order valence-corrected chi connectivity index (χ2v) is 3.96. The van der Waals surface area contributed by atoms with Gasteiger partial charge in [0.05, 0.1) is 17.8 Å². The quantitative estimate of drug-likeness (QED) is 0.529. The molecule has 0 fully saturated rings. The Balaban J connectivity index is 2.84. The molecule has 2 unspecified atom stereocenters. The van der Waals surface area contributed by atoms with Crippen molar-refractivity contribution in [3.05, 3.63) is 36.4 Å². The molecular formula is C13H19NO2. The van der Waals surface area contributed by atoms with Crippen LogP contribution in [0.5, 0.6) is 5.75 Å². The number of aliphatic hydroxyl groups is 1. The van der Waals surface area contributed by atoms with Crippen LogP contribution in [0.25, 0.3) is 0 Å². The van der Waals surface area contributed by atoms with Gasteiger partial charge in [-0.15, -0.1) is 0 Å². The molecule has 0 heterocycles. The van der Waals surface area contributed by atoms with Crippen LogP contribution in [0, 0.1) is 0 Å². The summed E-state index contributed by atoms with van der Waals surface area (Å²) in [5, 5.41) is 22.6. The Kier molecular flexibility index (Phi) is 4.38. The average molecular weight is 221 g/mol. The van der Waals surface area contributed by atoms with Crippen LogP contribution < -0.4 is 5.32 Å². The van der Waals surface area contributed by atoms with Crippen LogP contribution in [0.1, 0.15) is 20.3 Å². The Morgan fingerprint density at radius 3 is 2.56 bits per heavy atom. The molecule has 0 aliphatic carbocycles. The molecular weight excluding hydrogens is 202 g/mol. The van der Waals surface area contributed by atoms with Crippen molar-refractivity contribution in [2.45, 2.75) is 32.4 Å². The number of para-hydroxylation sites is 2. The zero-order valence-electron chi connectivity index (χ0n) is 9.77. The van der Waals surface area contributed by atoms with Gasteiger partial charge in [-0.2, -0.15) is 0 Å². The first kappa shape index (κ1) is 12.6. The zero-order chi connectivity index (χ0) is 12.1. The summed E-state index contributed by atoms with van der Waals surface area (Å²) < 4.78 is 0. The third kappa shape index (κ3) is 3.00. The first-order chi connectivity index (χ1) is 7.56. The van der Waals surface area contributed by atoms with Crippen LogP contribution in [-0.4, -0.2) is 22.4 Å². The normalized spacial score (nSPS) is 14.2. The molecule has 3 heteroatoms. The van der Waals surface area contributed by atoms with Crippen molar-refractivity contribution >= 4 is 5.69 Å². The van der Waals surface area contributed by atoms with Crippen molar-refractivity contribution in [3.63, 3.8) is 0 Å². The standard InChI is InChI=1S/C13H19NO2/c1-4-11(15)13(9(2)3)14-10-7-5-6-8-12(10)16/h5-8,11,13-16H,2,4H2,1,3H3. The van der Waals surface area contributed by atoms with Gasteiger partial charge in [-0.25, -0.2) is 0 Å². The largest absolute Gasteiger partial charge is 0.506 e. The maximum absolute atomic E-state index is 9.84. The monoisotopic (exact) mass is 221 g/mol. The van der Waals surface area contributed by atoms with E-state index in [-0.39, 0.29) is 11.8 Å². The van der Waals surface area contributed by atoms with E-state index < -0.39 is 6.10 Å². The summed E-state index contributed by atoms with van der Waals surface area (Å²) in [6.07, 6.45) is 0.134.